The van der Waals surface area contributed by atoms with E-state index >= 15 is 0 Å². The van der Waals surface area contributed by atoms with Crippen LogP contribution in [0, 0.1) is 10.1 Å². The molecular weight excluding hydrogens is 321 g/mol. The van der Waals surface area contributed by atoms with Gasteiger partial charge in [-0.25, -0.2) is 0 Å². The van der Waals surface area contributed by atoms with E-state index in [4.69, 9.17) is 23.2 Å². The highest BCUT2D eigenvalue weighted by Gasteiger charge is 2.28. The average Bonchev–Trinajstić information content (AvgIpc) is 2.50. The van der Waals surface area contributed by atoms with E-state index in [0.717, 1.165) is 29.5 Å². The third kappa shape index (κ3) is 2.71. The SMILES string of the molecule is C[C@H]1CC[C@@H](c2ccc(Cl)c(Cl)c2)c2ccc([N+](=O)[O-])cc21. The summed E-state index contributed by atoms with van der Waals surface area (Å²) in [6.45, 7) is 2.12. The Bertz CT molecular complexity index is 745. The van der Waals surface area contributed by atoms with E-state index in [1.54, 1.807) is 12.1 Å². The maximum Gasteiger partial charge on any atom is 0.269 e. The lowest BCUT2D eigenvalue weighted by Gasteiger charge is -2.30. The van der Waals surface area contributed by atoms with Gasteiger partial charge in [0.15, 0.2) is 0 Å². The molecular formula is C17H15Cl2NO2. The van der Waals surface area contributed by atoms with E-state index in [-0.39, 0.29) is 16.5 Å². The Kier molecular flexibility index (Phi) is 4.11. The fourth-order valence-electron chi connectivity index (χ4n) is 3.22. The van der Waals surface area contributed by atoms with Crippen molar-refractivity contribution in [3.05, 3.63) is 73.2 Å². The largest absolute Gasteiger partial charge is 0.269 e. The highest BCUT2D eigenvalue weighted by Crippen LogP contribution is 2.44. The summed E-state index contributed by atoms with van der Waals surface area (Å²) in [5.41, 5.74) is 3.48. The van der Waals surface area contributed by atoms with Crippen LogP contribution in [-0.4, -0.2) is 4.92 Å². The van der Waals surface area contributed by atoms with Crippen LogP contribution in [0.25, 0.3) is 0 Å². The van der Waals surface area contributed by atoms with Crippen LogP contribution >= 0.6 is 23.2 Å². The van der Waals surface area contributed by atoms with Crippen molar-refractivity contribution < 1.29 is 4.92 Å². The number of hydrogen-bond donors (Lipinski definition) is 0. The molecule has 2 aromatic carbocycles. The molecule has 0 heterocycles. The minimum absolute atomic E-state index is 0.153. The van der Waals surface area contributed by atoms with Crippen molar-refractivity contribution in [1.82, 2.24) is 0 Å². The first kappa shape index (κ1) is 15.3. The van der Waals surface area contributed by atoms with Crippen LogP contribution < -0.4 is 0 Å². The molecule has 0 spiro atoms. The molecule has 3 nitrogen and oxygen atoms in total. The lowest BCUT2D eigenvalue weighted by Crippen LogP contribution is -2.14. The minimum Gasteiger partial charge on any atom is -0.258 e. The molecule has 114 valence electrons. The average molecular weight is 336 g/mol. The summed E-state index contributed by atoms with van der Waals surface area (Å²) >= 11 is 12.1. The van der Waals surface area contributed by atoms with Gasteiger partial charge in [-0.05, 0) is 47.6 Å². The maximum atomic E-state index is 11.0. The molecule has 0 N–H and O–H groups in total. The number of benzene rings is 2. The molecule has 0 fully saturated rings. The summed E-state index contributed by atoms with van der Waals surface area (Å²) in [5.74, 6) is 0.538. The fourth-order valence-corrected chi connectivity index (χ4v) is 3.53. The van der Waals surface area contributed by atoms with Crippen LogP contribution in [0.1, 0.15) is 48.3 Å². The van der Waals surface area contributed by atoms with E-state index in [9.17, 15) is 10.1 Å². The first-order valence-electron chi connectivity index (χ1n) is 7.20. The number of fused-ring (bicyclic) bond motifs is 1. The van der Waals surface area contributed by atoms with Gasteiger partial charge in [0.05, 0.1) is 15.0 Å². The monoisotopic (exact) mass is 335 g/mol. The summed E-state index contributed by atoms with van der Waals surface area (Å²) in [5, 5.41) is 12.1. The number of rotatable bonds is 2. The van der Waals surface area contributed by atoms with Crippen LogP contribution in [0.5, 0.6) is 0 Å². The van der Waals surface area contributed by atoms with Gasteiger partial charge in [-0.15, -0.1) is 0 Å². The first-order valence-corrected chi connectivity index (χ1v) is 7.96. The summed E-state index contributed by atoms with van der Waals surface area (Å²) in [6.07, 6.45) is 2.00. The van der Waals surface area contributed by atoms with Crippen LogP contribution in [0.3, 0.4) is 0 Å². The van der Waals surface area contributed by atoms with E-state index in [2.05, 4.69) is 6.92 Å². The summed E-state index contributed by atoms with van der Waals surface area (Å²) in [7, 11) is 0. The summed E-state index contributed by atoms with van der Waals surface area (Å²) < 4.78 is 0. The van der Waals surface area contributed by atoms with Gasteiger partial charge in [0.25, 0.3) is 5.69 Å². The van der Waals surface area contributed by atoms with Crippen molar-refractivity contribution in [3.8, 4) is 0 Å². The molecule has 0 unspecified atom stereocenters. The predicted molar refractivity (Wildman–Crippen MR) is 89.1 cm³/mol. The molecule has 22 heavy (non-hydrogen) atoms. The van der Waals surface area contributed by atoms with Crippen molar-refractivity contribution in [2.75, 3.05) is 0 Å². The Morgan fingerprint density at radius 3 is 2.50 bits per heavy atom. The predicted octanol–water partition coefficient (Wildman–Crippen LogP) is 5.93. The second kappa shape index (κ2) is 5.90. The Balaban J connectivity index is 2.08. The van der Waals surface area contributed by atoms with Gasteiger partial charge < -0.3 is 0 Å². The molecule has 0 amide bonds. The Hall–Kier alpha value is -1.58. The quantitative estimate of drug-likeness (QED) is 0.504. The molecule has 3 rings (SSSR count). The number of non-ortho nitro benzene ring substituents is 1. The molecule has 1 aliphatic rings. The van der Waals surface area contributed by atoms with Gasteiger partial charge >= 0.3 is 0 Å². The summed E-state index contributed by atoms with van der Waals surface area (Å²) in [4.78, 5) is 10.7. The van der Waals surface area contributed by atoms with E-state index in [0.29, 0.717) is 16.0 Å². The Labute approximate surface area is 139 Å². The standard InChI is InChI=1S/C17H15Cl2NO2/c1-10-2-5-13(11-3-7-16(18)17(19)8-11)14-6-4-12(20(21)22)9-15(10)14/h3-4,6-10,13H,2,5H2,1H3/t10-,13-/m0/s1. The van der Waals surface area contributed by atoms with E-state index < -0.39 is 0 Å². The molecule has 0 aromatic heterocycles. The molecule has 0 bridgehead atoms. The second-order valence-corrected chi connectivity index (χ2v) is 6.59. The molecule has 5 heteroatoms. The topological polar surface area (TPSA) is 43.1 Å². The molecule has 0 saturated heterocycles. The fraction of sp³-hybridized carbons (Fsp3) is 0.294. The van der Waals surface area contributed by atoms with Gasteiger partial charge in [-0.2, -0.15) is 0 Å². The minimum atomic E-state index is -0.338. The van der Waals surface area contributed by atoms with Crippen LogP contribution in [0.2, 0.25) is 10.0 Å². The Morgan fingerprint density at radius 1 is 1.05 bits per heavy atom. The highest BCUT2D eigenvalue weighted by molar-refractivity contribution is 6.42. The summed E-state index contributed by atoms with van der Waals surface area (Å²) in [6, 6.07) is 10.9. The van der Waals surface area contributed by atoms with E-state index in [1.165, 1.54) is 0 Å². The van der Waals surface area contributed by atoms with Crippen molar-refractivity contribution in [3.63, 3.8) is 0 Å². The van der Waals surface area contributed by atoms with Gasteiger partial charge in [-0.1, -0.05) is 42.3 Å². The number of nitro groups is 1. The van der Waals surface area contributed by atoms with Crippen molar-refractivity contribution in [1.29, 1.82) is 0 Å². The van der Waals surface area contributed by atoms with Crippen molar-refractivity contribution in [2.45, 2.75) is 31.6 Å². The van der Waals surface area contributed by atoms with Crippen LogP contribution in [0.4, 0.5) is 5.69 Å². The molecule has 0 radical (unpaired) electrons. The van der Waals surface area contributed by atoms with Gasteiger partial charge in [0, 0.05) is 18.1 Å². The molecule has 0 aliphatic heterocycles. The van der Waals surface area contributed by atoms with Crippen molar-refractivity contribution in [2.24, 2.45) is 0 Å². The third-order valence-corrected chi connectivity index (χ3v) is 5.16. The van der Waals surface area contributed by atoms with Crippen molar-refractivity contribution >= 4 is 28.9 Å². The zero-order valence-corrected chi connectivity index (χ0v) is 13.6. The third-order valence-electron chi connectivity index (χ3n) is 4.42. The molecule has 0 saturated carbocycles. The smallest absolute Gasteiger partial charge is 0.258 e. The number of hydrogen-bond acceptors (Lipinski definition) is 2. The van der Waals surface area contributed by atoms with Gasteiger partial charge in [0.2, 0.25) is 0 Å². The molecule has 2 aromatic rings. The van der Waals surface area contributed by atoms with Gasteiger partial charge in [0.1, 0.15) is 0 Å². The zero-order valence-electron chi connectivity index (χ0n) is 12.1. The van der Waals surface area contributed by atoms with E-state index in [1.807, 2.05) is 24.3 Å². The molecule has 1 aliphatic carbocycles. The van der Waals surface area contributed by atoms with Crippen LogP contribution in [0.15, 0.2) is 36.4 Å². The molecule has 2 atom stereocenters. The number of nitro benzene ring substituents is 1. The maximum absolute atomic E-state index is 11.0. The normalized spacial score (nSPS) is 20.5. The zero-order chi connectivity index (χ0) is 15.9. The lowest BCUT2D eigenvalue weighted by molar-refractivity contribution is -0.385. The first-order chi connectivity index (χ1) is 10.5. The number of nitrogens with zero attached hydrogens (tertiary/aromatic N) is 1. The number of halogens is 2. The second-order valence-electron chi connectivity index (χ2n) is 5.77. The Morgan fingerprint density at radius 2 is 1.82 bits per heavy atom. The van der Waals surface area contributed by atoms with Crippen LogP contribution in [-0.2, 0) is 0 Å². The van der Waals surface area contributed by atoms with Gasteiger partial charge in [-0.3, -0.25) is 10.1 Å². The lowest BCUT2D eigenvalue weighted by atomic mass is 9.74. The highest BCUT2D eigenvalue weighted by atomic mass is 35.5.